The van der Waals surface area contributed by atoms with Gasteiger partial charge in [-0.3, -0.25) is 4.79 Å². The van der Waals surface area contributed by atoms with Crippen LogP contribution in [0, 0.1) is 5.41 Å². The van der Waals surface area contributed by atoms with E-state index in [0.29, 0.717) is 6.42 Å². The Hall–Kier alpha value is -0.670. The zero-order valence-corrected chi connectivity index (χ0v) is 11.1. The average Bonchev–Trinajstić information content (AvgIpc) is 2.60. The molecule has 0 heterocycles. The number of hydrogen-bond donors (Lipinski definition) is 1. The summed E-state index contributed by atoms with van der Waals surface area (Å²) in [6.07, 6.45) is 2.77. The fourth-order valence-corrected chi connectivity index (χ4v) is 4.23. The predicted octanol–water partition coefficient (Wildman–Crippen LogP) is 2.72. The molecule has 3 rings (SSSR count). The van der Waals surface area contributed by atoms with Crippen LogP contribution in [0.4, 0.5) is 0 Å². The highest BCUT2D eigenvalue weighted by atomic mass is 79.9. The molecule has 1 N–H and O–H groups in total. The average molecular weight is 295 g/mol. The number of halogens is 1. The third kappa shape index (κ3) is 1.59. The van der Waals surface area contributed by atoms with E-state index in [1.54, 1.807) is 0 Å². The molecular weight excluding hydrogens is 280 g/mol. The van der Waals surface area contributed by atoms with Gasteiger partial charge in [0.05, 0.1) is 11.5 Å². The first-order valence-corrected chi connectivity index (χ1v) is 7.00. The fourth-order valence-electron chi connectivity index (χ4n) is 3.20. The molecule has 1 saturated carbocycles. The first-order chi connectivity index (χ1) is 8.13. The minimum Gasteiger partial charge on any atom is -0.393 e. The molecule has 2 aliphatic rings. The standard InChI is InChI=1S/C14H15BrO2/c15-12-7-10(16)5-6-14(12)8-9-3-1-2-4-11(9)13(14)17/h1-4,10,12,16H,5-8H2/t10-,12+,14-/m1/s1. The highest BCUT2D eigenvalue weighted by Crippen LogP contribution is 2.50. The molecule has 1 fully saturated rings. The van der Waals surface area contributed by atoms with Crippen molar-refractivity contribution >= 4 is 21.7 Å². The Balaban J connectivity index is 2.00. The normalized spacial score (nSPS) is 36.2. The lowest BCUT2D eigenvalue weighted by Crippen LogP contribution is -2.43. The van der Waals surface area contributed by atoms with Crippen LogP contribution in [0.5, 0.6) is 0 Å². The van der Waals surface area contributed by atoms with E-state index in [1.807, 2.05) is 24.3 Å². The minimum absolute atomic E-state index is 0.0960. The van der Waals surface area contributed by atoms with Crippen molar-refractivity contribution in [3.63, 3.8) is 0 Å². The van der Waals surface area contributed by atoms with Crippen LogP contribution >= 0.6 is 15.9 Å². The van der Waals surface area contributed by atoms with Crippen molar-refractivity contribution in [2.24, 2.45) is 5.41 Å². The summed E-state index contributed by atoms with van der Waals surface area (Å²) in [5.41, 5.74) is 1.75. The van der Waals surface area contributed by atoms with E-state index < -0.39 is 0 Å². The zero-order chi connectivity index (χ0) is 12.0. The van der Waals surface area contributed by atoms with E-state index in [0.717, 1.165) is 24.8 Å². The van der Waals surface area contributed by atoms with Crippen molar-refractivity contribution in [3.05, 3.63) is 35.4 Å². The van der Waals surface area contributed by atoms with Crippen LogP contribution in [0.2, 0.25) is 0 Å². The lowest BCUT2D eigenvalue weighted by Gasteiger charge is -2.38. The van der Waals surface area contributed by atoms with E-state index >= 15 is 0 Å². The molecule has 2 aliphatic carbocycles. The second kappa shape index (κ2) is 3.92. The molecule has 90 valence electrons. The Bertz CT molecular complexity index is 471. The van der Waals surface area contributed by atoms with Crippen molar-refractivity contribution in [1.29, 1.82) is 0 Å². The fraction of sp³-hybridized carbons (Fsp3) is 0.500. The van der Waals surface area contributed by atoms with Crippen molar-refractivity contribution in [2.75, 3.05) is 0 Å². The van der Waals surface area contributed by atoms with Crippen LogP contribution in [0.25, 0.3) is 0 Å². The van der Waals surface area contributed by atoms with Crippen molar-refractivity contribution in [3.8, 4) is 0 Å². The van der Waals surface area contributed by atoms with E-state index in [1.165, 1.54) is 5.56 Å². The van der Waals surface area contributed by atoms with Gasteiger partial charge in [-0.1, -0.05) is 40.2 Å². The van der Waals surface area contributed by atoms with Crippen LogP contribution in [0.3, 0.4) is 0 Å². The van der Waals surface area contributed by atoms with Crippen molar-refractivity contribution in [1.82, 2.24) is 0 Å². The number of benzene rings is 1. The monoisotopic (exact) mass is 294 g/mol. The molecule has 0 aliphatic heterocycles. The van der Waals surface area contributed by atoms with E-state index in [2.05, 4.69) is 15.9 Å². The van der Waals surface area contributed by atoms with Crippen LogP contribution in [-0.4, -0.2) is 21.8 Å². The summed E-state index contributed by atoms with van der Waals surface area (Å²) >= 11 is 3.63. The molecular formula is C14H15BrO2. The SMILES string of the molecule is O=C1c2ccccc2C[C@@]12CC[C@@H](O)C[C@@H]2Br. The number of carbonyl (C=O) groups excluding carboxylic acids is 1. The molecule has 1 spiro atoms. The van der Waals surface area contributed by atoms with Gasteiger partial charge in [-0.2, -0.15) is 0 Å². The van der Waals surface area contributed by atoms with Gasteiger partial charge in [0.25, 0.3) is 0 Å². The van der Waals surface area contributed by atoms with Gasteiger partial charge >= 0.3 is 0 Å². The molecule has 3 heteroatoms. The number of Topliss-reactive ketones (excluding diaryl/α,β-unsaturated/α-hetero) is 1. The number of fused-ring (bicyclic) bond motifs is 1. The third-order valence-electron chi connectivity index (χ3n) is 4.22. The summed E-state index contributed by atoms with van der Waals surface area (Å²) in [4.78, 5) is 12.7. The molecule has 1 aromatic carbocycles. The Kier molecular flexibility index (Phi) is 2.64. The zero-order valence-electron chi connectivity index (χ0n) is 9.53. The summed E-state index contributed by atoms with van der Waals surface area (Å²) in [5.74, 6) is 0.266. The Morgan fingerprint density at radius 1 is 1.35 bits per heavy atom. The lowest BCUT2D eigenvalue weighted by molar-refractivity contribution is 0.0557. The summed E-state index contributed by atoms with van der Waals surface area (Å²) in [5, 5.41) is 9.69. The van der Waals surface area contributed by atoms with Gasteiger partial charge in [0.15, 0.2) is 5.78 Å². The van der Waals surface area contributed by atoms with Crippen LogP contribution < -0.4 is 0 Å². The molecule has 2 nitrogen and oxygen atoms in total. The van der Waals surface area contributed by atoms with Gasteiger partial charge in [-0.05, 0) is 31.2 Å². The summed E-state index contributed by atoms with van der Waals surface area (Å²) in [6, 6.07) is 7.90. The maximum Gasteiger partial charge on any atom is 0.170 e. The number of hydrogen-bond acceptors (Lipinski definition) is 2. The van der Waals surface area contributed by atoms with Gasteiger partial charge in [-0.25, -0.2) is 0 Å². The first kappa shape index (κ1) is 11.4. The Labute approximate surface area is 109 Å². The minimum atomic E-state index is -0.303. The molecule has 0 radical (unpaired) electrons. The summed E-state index contributed by atoms with van der Waals surface area (Å²) in [6.45, 7) is 0. The Morgan fingerprint density at radius 3 is 2.82 bits per heavy atom. The van der Waals surface area contributed by atoms with Crippen molar-refractivity contribution in [2.45, 2.75) is 36.6 Å². The molecule has 1 aromatic rings. The second-order valence-corrected chi connectivity index (χ2v) is 6.32. The van der Waals surface area contributed by atoms with Gasteiger partial charge in [-0.15, -0.1) is 0 Å². The number of aliphatic hydroxyl groups excluding tert-OH is 1. The number of carbonyl (C=O) groups is 1. The Morgan fingerprint density at radius 2 is 2.12 bits per heavy atom. The van der Waals surface area contributed by atoms with E-state index in [4.69, 9.17) is 0 Å². The van der Waals surface area contributed by atoms with Crippen molar-refractivity contribution < 1.29 is 9.90 Å². The number of ketones is 1. The second-order valence-electron chi connectivity index (χ2n) is 5.21. The molecule has 0 bridgehead atoms. The molecule has 3 atom stereocenters. The largest absolute Gasteiger partial charge is 0.393 e. The number of alkyl halides is 1. The third-order valence-corrected chi connectivity index (χ3v) is 5.47. The lowest BCUT2D eigenvalue weighted by atomic mass is 9.70. The van der Waals surface area contributed by atoms with Crippen LogP contribution in [0.1, 0.15) is 35.2 Å². The van der Waals surface area contributed by atoms with Gasteiger partial charge in [0.2, 0.25) is 0 Å². The van der Waals surface area contributed by atoms with Crippen LogP contribution in [-0.2, 0) is 6.42 Å². The quantitative estimate of drug-likeness (QED) is 0.747. The highest BCUT2D eigenvalue weighted by Gasteiger charge is 2.52. The summed E-state index contributed by atoms with van der Waals surface area (Å²) in [7, 11) is 0. The van der Waals surface area contributed by atoms with Gasteiger partial charge in [0, 0.05) is 10.4 Å². The number of rotatable bonds is 0. The topological polar surface area (TPSA) is 37.3 Å². The predicted molar refractivity (Wildman–Crippen MR) is 69.5 cm³/mol. The molecule has 17 heavy (non-hydrogen) atoms. The molecule has 0 saturated heterocycles. The van der Waals surface area contributed by atoms with Crippen LogP contribution in [0.15, 0.2) is 24.3 Å². The first-order valence-electron chi connectivity index (χ1n) is 6.08. The maximum atomic E-state index is 12.6. The number of aliphatic hydroxyl groups is 1. The smallest absolute Gasteiger partial charge is 0.170 e. The molecule has 0 aromatic heterocycles. The van der Waals surface area contributed by atoms with Gasteiger partial charge < -0.3 is 5.11 Å². The summed E-state index contributed by atoms with van der Waals surface area (Å²) < 4.78 is 0. The maximum absolute atomic E-state index is 12.6. The molecule has 0 unspecified atom stereocenters. The molecule has 0 amide bonds. The van der Waals surface area contributed by atoms with Gasteiger partial charge in [0.1, 0.15) is 0 Å². The van der Waals surface area contributed by atoms with E-state index in [-0.39, 0.29) is 22.1 Å². The highest BCUT2D eigenvalue weighted by molar-refractivity contribution is 9.09. The van der Waals surface area contributed by atoms with E-state index in [9.17, 15) is 9.90 Å².